The third-order valence-corrected chi connectivity index (χ3v) is 3.02. The third kappa shape index (κ3) is 15.5. The van der Waals surface area contributed by atoms with E-state index < -0.39 is 0 Å². The second-order valence-corrected chi connectivity index (χ2v) is 4.87. The third-order valence-electron chi connectivity index (χ3n) is 3.02. The molecule has 17 heavy (non-hydrogen) atoms. The monoisotopic (exact) mass is 236 g/mol. The van der Waals surface area contributed by atoms with Gasteiger partial charge >= 0.3 is 0 Å². The summed E-state index contributed by atoms with van der Waals surface area (Å²) in [6, 6.07) is 0. The number of hydrogen-bond donors (Lipinski definition) is 0. The maximum atomic E-state index is 2.37. The van der Waals surface area contributed by atoms with E-state index in [1.165, 1.54) is 70.6 Å². The Labute approximate surface area is 109 Å². The molecule has 0 saturated heterocycles. The van der Waals surface area contributed by atoms with Crippen molar-refractivity contribution in [2.24, 2.45) is 0 Å². The normalized spacial score (nSPS) is 11.9. The van der Waals surface area contributed by atoms with Crippen molar-refractivity contribution < 1.29 is 0 Å². The van der Waals surface area contributed by atoms with Gasteiger partial charge in [0.1, 0.15) is 0 Å². The number of rotatable bonds is 12. The van der Waals surface area contributed by atoms with E-state index in [1.807, 2.05) is 0 Å². The topological polar surface area (TPSA) is 0 Å². The Hall–Kier alpha value is -0.520. The highest BCUT2D eigenvalue weighted by Crippen LogP contribution is 2.05. The highest BCUT2D eigenvalue weighted by molar-refractivity contribution is 4.83. The first kappa shape index (κ1) is 16.5. The van der Waals surface area contributed by atoms with Crippen LogP contribution < -0.4 is 0 Å². The van der Waals surface area contributed by atoms with Gasteiger partial charge in [0, 0.05) is 0 Å². The van der Waals surface area contributed by atoms with Crippen LogP contribution in [0.15, 0.2) is 24.3 Å². The van der Waals surface area contributed by atoms with Gasteiger partial charge in [-0.25, -0.2) is 0 Å². The van der Waals surface area contributed by atoms with Crippen LogP contribution in [0.5, 0.6) is 0 Å². The second-order valence-electron chi connectivity index (χ2n) is 4.87. The van der Waals surface area contributed by atoms with E-state index >= 15 is 0 Å². The van der Waals surface area contributed by atoms with Gasteiger partial charge in [0.25, 0.3) is 0 Å². The molecule has 0 aliphatic rings. The number of unbranched alkanes of at least 4 members (excludes halogenated alkanes) is 8. The standard InChI is InChI=1S/C17H32/c1-3-5-7-9-11-13-15-17-16-14-12-10-8-6-4-2/h9,11-12,14H,3-8,10,13,15-17H2,1-2H3/b11-9-,14-12-. The summed E-state index contributed by atoms with van der Waals surface area (Å²) in [5.41, 5.74) is 0. The van der Waals surface area contributed by atoms with Crippen LogP contribution >= 0.6 is 0 Å². The molecule has 0 heterocycles. The van der Waals surface area contributed by atoms with Crippen LogP contribution in [0.4, 0.5) is 0 Å². The predicted octanol–water partition coefficient (Wildman–Crippen LogP) is 6.43. The summed E-state index contributed by atoms with van der Waals surface area (Å²) in [4.78, 5) is 0. The van der Waals surface area contributed by atoms with Crippen molar-refractivity contribution in [1.82, 2.24) is 0 Å². The van der Waals surface area contributed by atoms with Gasteiger partial charge in [-0.1, -0.05) is 63.8 Å². The van der Waals surface area contributed by atoms with Crippen LogP contribution in [-0.4, -0.2) is 0 Å². The lowest BCUT2D eigenvalue weighted by Crippen LogP contribution is -1.74. The van der Waals surface area contributed by atoms with Crippen molar-refractivity contribution in [2.45, 2.75) is 84.5 Å². The van der Waals surface area contributed by atoms with Gasteiger partial charge in [-0.05, 0) is 44.9 Å². The van der Waals surface area contributed by atoms with E-state index in [0.717, 1.165) is 0 Å². The molecule has 0 aliphatic heterocycles. The van der Waals surface area contributed by atoms with Crippen LogP contribution in [0.1, 0.15) is 84.5 Å². The minimum Gasteiger partial charge on any atom is -0.0885 e. The van der Waals surface area contributed by atoms with E-state index in [0.29, 0.717) is 0 Å². The maximum absolute atomic E-state index is 2.37. The lowest BCUT2D eigenvalue weighted by Gasteiger charge is -1.94. The molecule has 0 saturated carbocycles. The van der Waals surface area contributed by atoms with Crippen LogP contribution in [-0.2, 0) is 0 Å². The van der Waals surface area contributed by atoms with Gasteiger partial charge in [-0.3, -0.25) is 0 Å². The second kappa shape index (κ2) is 15.5. The van der Waals surface area contributed by atoms with Crippen molar-refractivity contribution in [3.8, 4) is 0 Å². The average Bonchev–Trinajstić information content (AvgIpc) is 2.35. The molecule has 0 aromatic heterocycles. The molecule has 0 nitrogen and oxygen atoms in total. The van der Waals surface area contributed by atoms with Gasteiger partial charge in [0.2, 0.25) is 0 Å². The first-order valence-electron chi connectivity index (χ1n) is 7.71. The molecule has 100 valence electrons. The van der Waals surface area contributed by atoms with Crippen molar-refractivity contribution in [3.63, 3.8) is 0 Å². The van der Waals surface area contributed by atoms with Crippen LogP contribution in [0.2, 0.25) is 0 Å². The first-order valence-corrected chi connectivity index (χ1v) is 7.71. The Morgan fingerprint density at radius 1 is 0.471 bits per heavy atom. The highest BCUT2D eigenvalue weighted by Gasteiger charge is 1.85. The molecule has 0 aromatic rings. The first-order chi connectivity index (χ1) is 8.41. The van der Waals surface area contributed by atoms with E-state index in [9.17, 15) is 0 Å². The Bertz CT molecular complexity index is 176. The summed E-state index contributed by atoms with van der Waals surface area (Å²) in [6.07, 6.45) is 24.0. The molecule has 0 aliphatic carbocycles. The van der Waals surface area contributed by atoms with Crippen molar-refractivity contribution in [3.05, 3.63) is 24.3 Å². The van der Waals surface area contributed by atoms with Gasteiger partial charge in [-0.15, -0.1) is 0 Å². The minimum atomic E-state index is 1.27. The largest absolute Gasteiger partial charge is 0.0885 e. The van der Waals surface area contributed by atoms with Crippen molar-refractivity contribution in [1.29, 1.82) is 0 Å². The smallest absolute Gasteiger partial charge is 0.0351 e. The molecule has 0 atom stereocenters. The molecule has 0 radical (unpaired) electrons. The zero-order chi connectivity index (χ0) is 12.6. The van der Waals surface area contributed by atoms with E-state index in [1.54, 1.807) is 0 Å². The summed E-state index contributed by atoms with van der Waals surface area (Å²) in [6.45, 7) is 4.51. The zero-order valence-electron chi connectivity index (χ0n) is 12.1. The predicted molar refractivity (Wildman–Crippen MR) is 80.4 cm³/mol. The molecule has 0 bridgehead atoms. The Morgan fingerprint density at radius 2 is 0.824 bits per heavy atom. The minimum absolute atomic E-state index is 1.27. The summed E-state index contributed by atoms with van der Waals surface area (Å²) < 4.78 is 0. The van der Waals surface area contributed by atoms with Crippen molar-refractivity contribution >= 4 is 0 Å². The maximum Gasteiger partial charge on any atom is -0.0351 e. The number of allylic oxidation sites excluding steroid dienone is 4. The van der Waals surface area contributed by atoms with Crippen molar-refractivity contribution in [2.75, 3.05) is 0 Å². The molecule has 0 rings (SSSR count). The molecule has 0 spiro atoms. The van der Waals surface area contributed by atoms with E-state index in [2.05, 4.69) is 38.2 Å². The fourth-order valence-corrected chi connectivity index (χ4v) is 1.83. The quantitative estimate of drug-likeness (QED) is 0.270. The van der Waals surface area contributed by atoms with Gasteiger partial charge in [0.05, 0.1) is 0 Å². The molecule has 0 aromatic carbocycles. The Balaban J connectivity index is 3.09. The molecular weight excluding hydrogens is 204 g/mol. The summed E-state index contributed by atoms with van der Waals surface area (Å²) in [5.74, 6) is 0. The summed E-state index contributed by atoms with van der Waals surface area (Å²) in [7, 11) is 0. The van der Waals surface area contributed by atoms with Gasteiger partial charge < -0.3 is 0 Å². The van der Waals surface area contributed by atoms with Gasteiger partial charge in [0.15, 0.2) is 0 Å². The molecule has 0 unspecified atom stereocenters. The highest BCUT2D eigenvalue weighted by atomic mass is 13.9. The zero-order valence-corrected chi connectivity index (χ0v) is 12.1. The SMILES string of the molecule is CCCC/C=C\CCCC/C=C\CCCCC. The molecule has 0 amide bonds. The van der Waals surface area contributed by atoms with Crippen LogP contribution in [0, 0.1) is 0 Å². The lowest BCUT2D eigenvalue weighted by atomic mass is 10.1. The summed E-state index contributed by atoms with van der Waals surface area (Å²) >= 11 is 0. The van der Waals surface area contributed by atoms with Crippen LogP contribution in [0.3, 0.4) is 0 Å². The fraction of sp³-hybridized carbons (Fsp3) is 0.765. The van der Waals surface area contributed by atoms with E-state index in [4.69, 9.17) is 0 Å². The summed E-state index contributed by atoms with van der Waals surface area (Å²) in [5, 5.41) is 0. The lowest BCUT2D eigenvalue weighted by molar-refractivity contribution is 0.723. The fourth-order valence-electron chi connectivity index (χ4n) is 1.83. The molecule has 0 heteroatoms. The average molecular weight is 236 g/mol. The molecular formula is C17H32. The molecule has 0 N–H and O–H groups in total. The molecule has 0 fully saturated rings. The Morgan fingerprint density at radius 3 is 1.24 bits per heavy atom. The number of hydrogen-bond acceptors (Lipinski definition) is 0. The Kier molecular flexibility index (Phi) is 15.0. The van der Waals surface area contributed by atoms with Crippen LogP contribution in [0.25, 0.3) is 0 Å². The van der Waals surface area contributed by atoms with E-state index in [-0.39, 0.29) is 0 Å². The van der Waals surface area contributed by atoms with Gasteiger partial charge in [-0.2, -0.15) is 0 Å².